The van der Waals surface area contributed by atoms with E-state index in [2.05, 4.69) is 35.0 Å². The average molecular weight is 372 g/mol. The van der Waals surface area contributed by atoms with Gasteiger partial charge in [0.1, 0.15) is 0 Å². The van der Waals surface area contributed by atoms with Gasteiger partial charge in [-0.15, -0.1) is 0 Å². The topological polar surface area (TPSA) is 40.1 Å². The molecule has 0 saturated carbocycles. The van der Waals surface area contributed by atoms with Crippen molar-refractivity contribution in [3.05, 3.63) is 0 Å². The number of nitrogens with zero attached hydrogens (tertiary/aromatic N) is 1. The van der Waals surface area contributed by atoms with Gasteiger partial charge in [0.25, 0.3) is 0 Å². The third-order valence-electron chi connectivity index (χ3n) is 4.91. The standard InChI is InChI=1S/C15H34N.C8H16O2/c1-5-6-7-8-9-10-11-12-13-14-15-16(2,3)4;1-3-5-6-7(4-2)8(9)10/h5-15H2,1-4H3;7H,3-6H2,1-2H3,(H,9,10)/q+1;/p-1. The first-order chi connectivity index (χ1) is 12.3. The van der Waals surface area contributed by atoms with Crippen molar-refractivity contribution in [1.29, 1.82) is 0 Å². The number of quaternary nitrogens is 1. The van der Waals surface area contributed by atoms with Gasteiger partial charge in [0, 0.05) is 5.97 Å². The number of carboxylic acids is 1. The van der Waals surface area contributed by atoms with Crippen molar-refractivity contribution in [2.45, 2.75) is 111 Å². The van der Waals surface area contributed by atoms with Crippen LogP contribution in [0.25, 0.3) is 0 Å². The van der Waals surface area contributed by atoms with Crippen LogP contribution in [-0.4, -0.2) is 38.1 Å². The van der Waals surface area contributed by atoms with Gasteiger partial charge in [0.2, 0.25) is 0 Å². The van der Waals surface area contributed by atoms with Crippen molar-refractivity contribution in [2.75, 3.05) is 27.7 Å². The minimum Gasteiger partial charge on any atom is -0.550 e. The number of carboxylic acid groups (broad SMARTS) is 1. The summed E-state index contributed by atoms with van der Waals surface area (Å²) < 4.78 is 1.12. The number of carbonyl (C=O) groups excluding carboxylic acids is 1. The van der Waals surface area contributed by atoms with Crippen LogP contribution in [0.2, 0.25) is 0 Å². The van der Waals surface area contributed by atoms with Crippen LogP contribution in [0.5, 0.6) is 0 Å². The molecule has 3 heteroatoms. The first kappa shape index (κ1) is 27.6. The molecule has 0 fully saturated rings. The fraction of sp³-hybridized carbons (Fsp3) is 0.957. The molecule has 0 amide bonds. The van der Waals surface area contributed by atoms with Gasteiger partial charge < -0.3 is 14.4 Å². The molecule has 0 aliphatic carbocycles. The summed E-state index contributed by atoms with van der Waals surface area (Å²) in [6.07, 6.45) is 17.9. The number of aliphatic carboxylic acids is 1. The van der Waals surface area contributed by atoms with Crippen molar-refractivity contribution in [2.24, 2.45) is 5.92 Å². The third-order valence-corrected chi connectivity index (χ3v) is 4.91. The molecule has 0 bridgehead atoms. The highest BCUT2D eigenvalue weighted by atomic mass is 16.4. The van der Waals surface area contributed by atoms with E-state index in [0.29, 0.717) is 6.42 Å². The molecule has 0 aliphatic heterocycles. The van der Waals surface area contributed by atoms with E-state index in [9.17, 15) is 9.90 Å². The zero-order valence-corrected chi connectivity index (χ0v) is 18.9. The smallest absolute Gasteiger partial charge is 0.0780 e. The molecule has 0 radical (unpaired) electrons. The Morgan fingerprint density at radius 3 is 1.50 bits per heavy atom. The van der Waals surface area contributed by atoms with Crippen LogP contribution in [0.4, 0.5) is 0 Å². The second-order valence-electron chi connectivity index (χ2n) is 8.76. The van der Waals surface area contributed by atoms with Crippen molar-refractivity contribution >= 4 is 5.97 Å². The Morgan fingerprint density at radius 2 is 1.15 bits per heavy atom. The minimum absolute atomic E-state index is 0.222. The Morgan fingerprint density at radius 1 is 0.731 bits per heavy atom. The summed E-state index contributed by atoms with van der Waals surface area (Å²) in [4.78, 5) is 10.3. The van der Waals surface area contributed by atoms with Gasteiger partial charge >= 0.3 is 0 Å². The molecule has 0 heterocycles. The molecular formula is C23H49NO2. The van der Waals surface area contributed by atoms with Gasteiger partial charge in [-0.1, -0.05) is 85.0 Å². The predicted octanol–water partition coefficient (Wildman–Crippen LogP) is 5.57. The Bertz CT molecular complexity index is 297. The maximum absolute atomic E-state index is 10.3. The molecule has 0 N–H and O–H groups in total. The molecule has 0 aliphatic rings. The second kappa shape index (κ2) is 19.2. The largest absolute Gasteiger partial charge is 0.550 e. The molecule has 0 aromatic heterocycles. The van der Waals surface area contributed by atoms with Crippen molar-refractivity contribution in [1.82, 2.24) is 0 Å². The van der Waals surface area contributed by atoms with Gasteiger partial charge in [-0.2, -0.15) is 0 Å². The summed E-state index contributed by atoms with van der Waals surface area (Å²) in [5.74, 6) is -1.11. The van der Waals surface area contributed by atoms with Gasteiger partial charge in [-0.3, -0.25) is 0 Å². The summed E-state index contributed by atoms with van der Waals surface area (Å²) in [5, 5.41) is 10.3. The van der Waals surface area contributed by atoms with Crippen molar-refractivity contribution < 1.29 is 14.4 Å². The van der Waals surface area contributed by atoms with E-state index in [1.807, 2.05) is 6.92 Å². The van der Waals surface area contributed by atoms with Gasteiger partial charge in [-0.25, -0.2) is 0 Å². The fourth-order valence-corrected chi connectivity index (χ4v) is 3.01. The zero-order chi connectivity index (χ0) is 20.3. The number of hydrogen-bond donors (Lipinski definition) is 0. The third kappa shape index (κ3) is 23.4. The molecule has 3 nitrogen and oxygen atoms in total. The molecular weight excluding hydrogens is 322 g/mol. The monoisotopic (exact) mass is 371 g/mol. The van der Waals surface area contributed by atoms with E-state index in [1.165, 1.54) is 70.8 Å². The summed E-state index contributed by atoms with van der Waals surface area (Å²) >= 11 is 0. The molecule has 0 spiro atoms. The van der Waals surface area contributed by atoms with Crippen LogP contribution in [0.15, 0.2) is 0 Å². The first-order valence-corrected chi connectivity index (χ1v) is 11.3. The molecule has 0 aromatic carbocycles. The number of unbranched alkanes of at least 4 members (excludes halogenated alkanes) is 10. The number of rotatable bonds is 16. The second-order valence-corrected chi connectivity index (χ2v) is 8.76. The highest BCUT2D eigenvalue weighted by Gasteiger charge is 2.05. The lowest BCUT2D eigenvalue weighted by molar-refractivity contribution is -0.870. The molecule has 0 saturated heterocycles. The minimum atomic E-state index is -0.893. The Labute approximate surface area is 165 Å². The Kier molecular flexibility index (Phi) is 20.4. The molecule has 1 atom stereocenters. The highest BCUT2D eigenvalue weighted by molar-refractivity contribution is 5.67. The SMILES string of the molecule is CCCCC(CC)C(=O)[O-].CCCCCCCCCCCC[N+](C)(C)C. The lowest BCUT2D eigenvalue weighted by atomic mass is 10.00. The molecule has 26 heavy (non-hydrogen) atoms. The zero-order valence-electron chi connectivity index (χ0n) is 18.9. The van der Waals surface area contributed by atoms with Crippen molar-refractivity contribution in [3.63, 3.8) is 0 Å². The van der Waals surface area contributed by atoms with Crippen LogP contribution in [0.1, 0.15) is 111 Å². The van der Waals surface area contributed by atoms with E-state index in [-0.39, 0.29) is 5.92 Å². The Hall–Kier alpha value is -0.570. The molecule has 0 aromatic rings. The van der Waals surface area contributed by atoms with E-state index in [4.69, 9.17) is 0 Å². The van der Waals surface area contributed by atoms with Crippen LogP contribution in [-0.2, 0) is 4.79 Å². The van der Waals surface area contributed by atoms with Crippen LogP contribution in [0.3, 0.4) is 0 Å². The maximum Gasteiger partial charge on any atom is 0.0780 e. The number of hydrogen-bond acceptors (Lipinski definition) is 2. The van der Waals surface area contributed by atoms with Crippen LogP contribution >= 0.6 is 0 Å². The Balaban J connectivity index is 0. The summed E-state index contributed by atoms with van der Waals surface area (Å²) in [6.45, 7) is 7.56. The van der Waals surface area contributed by atoms with E-state index in [1.54, 1.807) is 0 Å². The van der Waals surface area contributed by atoms with Crippen LogP contribution < -0.4 is 5.11 Å². The van der Waals surface area contributed by atoms with E-state index in [0.717, 1.165) is 23.7 Å². The normalized spacial score (nSPS) is 12.4. The summed E-state index contributed by atoms with van der Waals surface area (Å²) in [6, 6.07) is 0. The summed E-state index contributed by atoms with van der Waals surface area (Å²) in [5.41, 5.74) is 0. The lowest BCUT2D eigenvalue weighted by Crippen LogP contribution is -2.35. The van der Waals surface area contributed by atoms with E-state index >= 15 is 0 Å². The molecule has 158 valence electrons. The molecule has 0 rings (SSSR count). The highest BCUT2D eigenvalue weighted by Crippen LogP contribution is 2.11. The molecule has 1 unspecified atom stereocenters. The van der Waals surface area contributed by atoms with E-state index < -0.39 is 5.97 Å². The fourth-order valence-electron chi connectivity index (χ4n) is 3.01. The van der Waals surface area contributed by atoms with Gasteiger partial charge in [0.15, 0.2) is 0 Å². The summed E-state index contributed by atoms with van der Waals surface area (Å²) in [7, 11) is 6.86. The lowest BCUT2D eigenvalue weighted by Gasteiger charge is -2.23. The van der Waals surface area contributed by atoms with Gasteiger partial charge in [0.05, 0.1) is 27.7 Å². The first-order valence-electron chi connectivity index (χ1n) is 11.3. The average Bonchev–Trinajstić information content (AvgIpc) is 2.56. The number of carbonyl (C=O) groups is 1. The van der Waals surface area contributed by atoms with Crippen LogP contribution in [0, 0.1) is 5.92 Å². The van der Waals surface area contributed by atoms with Gasteiger partial charge in [-0.05, 0) is 31.6 Å². The quantitative estimate of drug-likeness (QED) is 0.263. The maximum atomic E-state index is 10.3. The van der Waals surface area contributed by atoms with Crippen molar-refractivity contribution in [3.8, 4) is 0 Å². The predicted molar refractivity (Wildman–Crippen MR) is 113 cm³/mol.